The maximum Gasteiger partial charge on any atom is 0.173 e. The Hall–Kier alpha value is -0.420. The van der Waals surface area contributed by atoms with Crippen molar-refractivity contribution < 1.29 is 9.13 Å². The number of nitrogens with zero attached hydrogens (tertiary/aromatic N) is 1. The lowest BCUT2D eigenvalue weighted by atomic mass is 9.83. The number of nitrogens with one attached hydrogen (secondary N) is 1. The molecule has 3 rings (SSSR count). The lowest BCUT2D eigenvalue weighted by molar-refractivity contribution is 0.199. The van der Waals surface area contributed by atoms with E-state index in [2.05, 4.69) is 24.1 Å². The molecule has 7 heteroatoms. The maximum atomic E-state index is 14.2. The number of ether oxygens (including phenoxy) is 1. The smallest absolute Gasteiger partial charge is 0.173 e. The number of hydrogen-bond donors (Lipinski definition) is 1. The zero-order valence-electron chi connectivity index (χ0n) is 14.3. The van der Waals surface area contributed by atoms with Crippen LogP contribution < -0.4 is 15.0 Å². The first kappa shape index (κ1) is 21.6. The lowest BCUT2D eigenvalue weighted by Gasteiger charge is -2.52. The Morgan fingerprint density at radius 1 is 1.25 bits per heavy atom. The number of benzene rings is 1. The molecule has 1 saturated carbocycles. The zero-order chi connectivity index (χ0) is 15.9. The van der Waals surface area contributed by atoms with Crippen molar-refractivity contribution in [2.45, 2.75) is 57.2 Å². The first-order valence-electron chi connectivity index (χ1n) is 7.99. The van der Waals surface area contributed by atoms with Gasteiger partial charge in [0.05, 0.1) is 12.1 Å². The summed E-state index contributed by atoms with van der Waals surface area (Å²) < 4.78 is 19.3. The van der Waals surface area contributed by atoms with Gasteiger partial charge in [-0.25, -0.2) is 4.39 Å². The van der Waals surface area contributed by atoms with Gasteiger partial charge in [-0.2, -0.15) is 0 Å². The second-order valence-electron chi connectivity index (χ2n) is 7.06. The molecule has 1 heterocycles. The van der Waals surface area contributed by atoms with Crippen molar-refractivity contribution in [3.63, 3.8) is 0 Å². The Labute approximate surface area is 161 Å². The van der Waals surface area contributed by atoms with Crippen molar-refractivity contribution in [3.05, 3.63) is 23.0 Å². The molecule has 0 unspecified atom stereocenters. The molecule has 2 aliphatic rings. The van der Waals surface area contributed by atoms with Crippen LogP contribution in [0.15, 0.2) is 12.1 Å². The lowest BCUT2D eigenvalue weighted by Crippen LogP contribution is -2.67. The van der Waals surface area contributed by atoms with Crippen LogP contribution in [-0.2, 0) is 0 Å². The molecule has 0 bridgehead atoms. The Morgan fingerprint density at radius 2 is 1.92 bits per heavy atom. The van der Waals surface area contributed by atoms with Gasteiger partial charge in [0.1, 0.15) is 0 Å². The van der Waals surface area contributed by atoms with E-state index in [4.69, 9.17) is 16.3 Å². The molecule has 24 heavy (non-hydrogen) atoms. The number of piperazine rings is 1. The summed E-state index contributed by atoms with van der Waals surface area (Å²) in [6.07, 6.45) is 4.80. The fraction of sp³-hybridized carbons (Fsp3) is 0.647. The molecule has 1 aromatic rings. The maximum absolute atomic E-state index is 14.2. The molecule has 2 fully saturated rings. The minimum Gasteiger partial charge on any atom is -0.492 e. The van der Waals surface area contributed by atoms with Gasteiger partial charge in [0.15, 0.2) is 11.6 Å². The summed E-state index contributed by atoms with van der Waals surface area (Å²) in [7, 11) is 1.44. The first-order valence-corrected chi connectivity index (χ1v) is 8.36. The van der Waals surface area contributed by atoms with Crippen LogP contribution in [0.3, 0.4) is 0 Å². The van der Waals surface area contributed by atoms with E-state index >= 15 is 0 Å². The largest absolute Gasteiger partial charge is 0.492 e. The molecule has 2 atom stereocenters. The van der Waals surface area contributed by atoms with Gasteiger partial charge in [-0.3, -0.25) is 0 Å². The Balaban J connectivity index is 0.00000144. The van der Waals surface area contributed by atoms with E-state index in [1.165, 1.54) is 26.4 Å². The Kier molecular flexibility index (Phi) is 7.48. The van der Waals surface area contributed by atoms with Crippen molar-refractivity contribution in [2.24, 2.45) is 0 Å². The van der Waals surface area contributed by atoms with Gasteiger partial charge in [-0.15, -0.1) is 24.8 Å². The van der Waals surface area contributed by atoms with Crippen molar-refractivity contribution in [1.82, 2.24) is 5.32 Å². The van der Waals surface area contributed by atoms with E-state index in [-0.39, 0.29) is 36.1 Å². The number of rotatable bonds is 2. The molecule has 0 spiro atoms. The van der Waals surface area contributed by atoms with E-state index in [0.717, 1.165) is 18.7 Å². The van der Waals surface area contributed by atoms with Gasteiger partial charge in [-0.1, -0.05) is 24.4 Å². The molecular weight excluding hydrogens is 374 g/mol. The third kappa shape index (κ3) is 4.21. The molecule has 1 aliphatic heterocycles. The van der Waals surface area contributed by atoms with Gasteiger partial charge in [0, 0.05) is 35.9 Å². The van der Waals surface area contributed by atoms with Crippen LogP contribution in [0.4, 0.5) is 10.1 Å². The fourth-order valence-electron chi connectivity index (χ4n) is 3.93. The molecule has 0 aromatic heterocycles. The highest BCUT2D eigenvalue weighted by Crippen LogP contribution is 2.38. The van der Waals surface area contributed by atoms with Crippen molar-refractivity contribution >= 4 is 42.1 Å². The minimum absolute atomic E-state index is 0. The molecular formula is C17H26Cl3FN2O. The average molecular weight is 400 g/mol. The SMILES string of the molecule is COc1c(F)cc(N2CC(C)(C)N[C@@H]3CCCC[C@H]32)cc1Cl.Cl.Cl. The number of anilines is 1. The summed E-state index contributed by atoms with van der Waals surface area (Å²) in [5, 5.41) is 4.09. The highest BCUT2D eigenvalue weighted by molar-refractivity contribution is 6.32. The third-order valence-electron chi connectivity index (χ3n) is 4.79. The van der Waals surface area contributed by atoms with Crippen molar-refractivity contribution in [1.29, 1.82) is 0 Å². The van der Waals surface area contributed by atoms with Gasteiger partial charge >= 0.3 is 0 Å². The quantitative estimate of drug-likeness (QED) is 0.771. The molecule has 0 amide bonds. The van der Waals surface area contributed by atoms with Gasteiger partial charge in [0.2, 0.25) is 0 Å². The molecule has 1 N–H and O–H groups in total. The number of methoxy groups -OCH3 is 1. The standard InChI is InChI=1S/C17H24ClFN2O.2ClH/c1-17(2)10-21(15-7-5-4-6-14(15)20-17)11-8-12(18)16(22-3)13(19)9-11;;/h8-9,14-15,20H,4-7,10H2,1-3H3;2*1H/t14-,15-;;/m1../s1. The summed E-state index contributed by atoms with van der Waals surface area (Å²) >= 11 is 6.19. The van der Waals surface area contributed by atoms with Crippen molar-refractivity contribution in [2.75, 3.05) is 18.6 Å². The molecule has 3 nitrogen and oxygen atoms in total. The van der Waals surface area contributed by atoms with Gasteiger partial charge in [-0.05, 0) is 32.8 Å². The average Bonchev–Trinajstić information content (AvgIpc) is 2.45. The zero-order valence-corrected chi connectivity index (χ0v) is 16.7. The Morgan fingerprint density at radius 3 is 2.54 bits per heavy atom. The van der Waals surface area contributed by atoms with Crippen LogP contribution in [0.1, 0.15) is 39.5 Å². The number of halogens is 4. The molecule has 0 radical (unpaired) electrons. The van der Waals surface area contributed by atoms with Gasteiger partial charge in [0.25, 0.3) is 0 Å². The topological polar surface area (TPSA) is 24.5 Å². The third-order valence-corrected chi connectivity index (χ3v) is 5.07. The molecule has 1 saturated heterocycles. The number of fused-ring (bicyclic) bond motifs is 1. The monoisotopic (exact) mass is 398 g/mol. The van der Waals surface area contributed by atoms with E-state index < -0.39 is 5.82 Å². The summed E-state index contributed by atoms with van der Waals surface area (Å²) in [5.41, 5.74) is 0.858. The van der Waals surface area contributed by atoms with Crippen LogP contribution in [-0.4, -0.2) is 31.3 Å². The molecule has 138 valence electrons. The Bertz CT molecular complexity index is 548. The predicted octanol–water partition coefficient (Wildman–Crippen LogP) is 4.83. The van der Waals surface area contributed by atoms with Gasteiger partial charge < -0.3 is 15.0 Å². The molecule has 1 aliphatic carbocycles. The van der Waals surface area contributed by atoms with Crippen LogP contribution in [0, 0.1) is 5.82 Å². The fourth-order valence-corrected chi connectivity index (χ4v) is 4.21. The highest BCUT2D eigenvalue weighted by Gasteiger charge is 2.40. The summed E-state index contributed by atoms with van der Waals surface area (Å²) in [6, 6.07) is 4.25. The highest BCUT2D eigenvalue weighted by atomic mass is 35.5. The summed E-state index contributed by atoms with van der Waals surface area (Å²) in [4.78, 5) is 2.33. The van der Waals surface area contributed by atoms with Crippen LogP contribution in [0.2, 0.25) is 5.02 Å². The van der Waals surface area contributed by atoms with E-state index in [1.54, 1.807) is 6.07 Å². The minimum atomic E-state index is -0.395. The van der Waals surface area contributed by atoms with Crippen molar-refractivity contribution in [3.8, 4) is 5.75 Å². The second-order valence-corrected chi connectivity index (χ2v) is 7.46. The number of hydrogen-bond acceptors (Lipinski definition) is 3. The second kappa shape index (κ2) is 8.31. The van der Waals surface area contributed by atoms with Crippen LogP contribution in [0.25, 0.3) is 0 Å². The van der Waals surface area contributed by atoms with E-state index in [1.807, 2.05) is 6.07 Å². The first-order chi connectivity index (χ1) is 10.4. The van der Waals surface area contributed by atoms with E-state index in [0.29, 0.717) is 17.1 Å². The molecule has 1 aromatic carbocycles. The van der Waals surface area contributed by atoms with Crippen LogP contribution in [0.5, 0.6) is 5.75 Å². The normalized spacial score (nSPS) is 25.1. The van der Waals surface area contributed by atoms with E-state index in [9.17, 15) is 4.39 Å². The summed E-state index contributed by atoms with van der Waals surface area (Å²) in [5.74, 6) is -0.270. The predicted molar refractivity (Wildman–Crippen MR) is 103 cm³/mol. The van der Waals surface area contributed by atoms with Crippen LogP contribution >= 0.6 is 36.4 Å². The summed E-state index contributed by atoms with van der Waals surface area (Å²) in [6.45, 7) is 5.24.